The zero-order valence-corrected chi connectivity index (χ0v) is 5.89. The van der Waals surface area contributed by atoms with Crippen molar-refractivity contribution in [2.75, 3.05) is 13.1 Å². The van der Waals surface area contributed by atoms with E-state index in [-0.39, 0.29) is 6.54 Å². The fraction of sp³-hybridized carbons (Fsp3) is 0.500. The third-order valence-corrected chi connectivity index (χ3v) is 0.895. The Bertz CT molecular complexity index is 148. The Morgan fingerprint density at radius 2 is 2.18 bits per heavy atom. The van der Waals surface area contributed by atoms with Gasteiger partial charge in [0.2, 0.25) is 0 Å². The molecule has 3 N–H and O–H groups in total. The normalized spacial score (nSPS) is 10.9. The van der Waals surface area contributed by atoms with Crippen molar-refractivity contribution in [3.8, 4) is 0 Å². The summed E-state index contributed by atoms with van der Waals surface area (Å²) < 4.78 is 23.0. The van der Waals surface area contributed by atoms with Crippen molar-refractivity contribution < 1.29 is 13.6 Å². The van der Waals surface area contributed by atoms with Gasteiger partial charge in [-0.1, -0.05) is 12.2 Å². The van der Waals surface area contributed by atoms with Gasteiger partial charge in [0.05, 0.1) is 0 Å². The summed E-state index contributed by atoms with van der Waals surface area (Å²) in [7, 11) is 0. The molecule has 0 saturated heterocycles. The van der Waals surface area contributed by atoms with Gasteiger partial charge in [-0.15, -0.1) is 0 Å². The predicted molar refractivity (Wildman–Crippen MR) is 37.2 cm³/mol. The molecule has 0 saturated carbocycles. The van der Waals surface area contributed by atoms with Gasteiger partial charge in [0.15, 0.2) is 0 Å². The van der Waals surface area contributed by atoms with Crippen LogP contribution >= 0.6 is 0 Å². The number of nitrogens with one attached hydrogen (secondary N) is 1. The summed E-state index contributed by atoms with van der Waals surface area (Å²) in [6.07, 6.45) is 0.146. The van der Waals surface area contributed by atoms with Crippen LogP contribution in [0.15, 0.2) is 12.2 Å². The number of halogens is 2. The van der Waals surface area contributed by atoms with Crippen LogP contribution in [0.3, 0.4) is 0 Å². The minimum Gasteiger partial charge on any atom is -0.348 e. The molecule has 0 spiro atoms. The second-order valence-corrected chi connectivity index (χ2v) is 1.75. The molecule has 0 aromatic rings. The summed E-state index contributed by atoms with van der Waals surface area (Å²) in [4.78, 5) is 10.2. The smallest absolute Gasteiger partial charge is 0.315 e. The minimum atomic E-state index is -2.94. The largest absolute Gasteiger partial charge is 0.348 e. The Hall–Kier alpha value is -0.970. The highest BCUT2D eigenvalue weighted by Gasteiger charge is 2.12. The molecule has 0 heterocycles. The van der Waals surface area contributed by atoms with Gasteiger partial charge in [0, 0.05) is 13.1 Å². The fourth-order valence-electron chi connectivity index (χ4n) is 0.416. The maximum Gasteiger partial charge on any atom is 0.315 e. The first-order valence-corrected chi connectivity index (χ1v) is 3.09. The molecule has 0 fully saturated rings. The molecule has 5 heteroatoms. The molecule has 0 unspecified atom stereocenters. The van der Waals surface area contributed by atoms with Gasteiger partial charge in [-0.05, 0) is 0 Å². The third-order valence-electron chi connectivity index (χ3n) is 0.895. The molecule has 0 aliphatic heterocycles. The van der Waals surface area contributed by atoms with Crippen molar-refractivity contribution in [2.24, 2.45) is 5.73 Å². The van der Waals surface area contributed by atoms with Gasteiger partial charge >= 0.3 is 6.43 Å². The molecule has 0 aliphatic rings. The van der Waals surface area contributed by atoms with Crippen LogP contribution in [-0.4, -0.2) is 25.4 Å². The lowest BCUT2D eigenvalue weighted by molar-refractivity contribution is -0.131. The van der Waals surface area contributed by atoms with Crippen LogP contribution in [0, 0.1) is 0 Å². The monoisotopic (exact) mass is 164 g/mol. The third kappa shape index (κ3) is 5.47. The molecule has 0 aliphatic carbocycles. The quantitative estimate of drug-likeness (QED) is 0.569. The lowest BCUT2D eigenvalue weighted by Gasteiger charge is -1.98. The van der Waals surface area contributed by atoms with Crippen molar-refractivity contribution in [2.45, 2.75) is 6.43 Å². The van der Waals surface area contributed by atoms with E-state index in [0.717, 1.165) is 0 Å². The number of hydrogen-bond donors (Lipinski definition) is 2. The van der Waals surface area contributed by atoms with Crippen molar-refractivity contribution in [1.82, 2.24) is 5.32 Å². The number of alkyl halides is 2. The lowest BCUT2D eigenvalue weighted by atomic mass is 10.5. The molecular weight excluding hydrogens is 154 g/mol. The summed E-state index contributed by atoms with van der Waals surface area (Å²) in [5.74, 6) is -1.26. The molecular formula is C6H10F2N2O. The maximum atomic E-state index is 11.5. The first-order chi connectivity index (χ1) is 5.18. The summed E-state index contributed by atoms with van der Waals surface area (Å²) in [5.41, 5.74) is 5.06. The van der Waals surface area contributed by atoms with E-state index in [2.05, 4.69) is 0 Å². The van der Waals surface area contributed by atoms with Gasteiger partial charge in [0.1, 0.15) is 0 Å². The highest BCUT2D eigenvalue weighted by atomic mass is 19.3. The van der Waals surface area contributed by atoms with E-state index in [4.69, 9.17) is 5.73 Å². The second kappa shape index (κ2) is 5.79. The number of rotatable bonds is 4. The Morgan fingerprint density at radius 3 is 2.64 bits per heavy atom. The average Bonchev–Trinajstić information content (AvgIpc) is 1.97. The van der Waals surface area contributed by atoms with E-state index in [1.165, 1.54) is 6.08 Å². The van der Waals surface area contributed by atoms with E-state index in [1.54, 1.807) is 6.08 Å². The number of hydrogen-bond acceptors (Lipinski definition) is 2. The predicted octanol–water partition coefficient (Wildman–Crippen LogP) is -0.117. The van der Waals surface area contributed by atoms with Gasteiger partial charge in [0.25, 0.3) is 5.91 Å². The van der Waals surface area contributed by atoms with E-state index in [1.807, 2.05) is 5.32 Å². The number of nitrogens with two attached hydrogens (primary N) is 1. The number of carbonyl (C=O) groups excluding carboxylic acids is 1. The fourth-order valence-corrected chi connectivity index (χ4v) is 0.416. The van der Waals surface area contributed by atoms with Crippen LogP contribution in [0.2, 0.25) is 0 Å². The highest BCUT2D eigenvalue weighted by Crippen LogP contribution is 1.89. The van der Waals surface area contributed by atoms with Crippen LogP contribution < -0.4 is 11.1 Å². The Kier molecular flexibility index (Phi) is 5.28. The molecule has 1 amide bonds. The van der Waals surface area contributed by atoms with Crippen LogP contribution in [-0.2, 0) is 4.79 Å². The first kappa shape index (κ1) is 10.0. The molecule has 0 aromatic carbocycles. The van der Waals surface area contributed by atoms with Crippen LogP contribution in [0.5, 0.6) is 0 Å². The first-order valence-electron chi connectivity index (χ1n) is 3.09. The zero-order chi connectivity index (χ0) is 8.69. The zero-order valence-electron chi connectivity index (χ0n) is 5.89. The standard InChI is InChI=1S/C6H10F2N2O/c7-5(8)6(11)10-4-2-1-3-9/h1-2,5H,3-4,9H2,(H,10,11)/b2-1+. The Labute approximate surface area is 63.3 Å². The number of amides is 1. The summed E-state index contributed by atoms with van der Waals surface area (Å²) in [6, 6.07) is 0. The van der Waals surface area contributed by atoms with Gasteiger partial charge in [-0.25, -0.2) is 0 Å². The van der Waals surface area contributed by atoms with Gasteiger partial charge in [-0.3, -0.25) is 4.79 Å². The lowest BCUT2D eigenvalue weighted by Crippen LogP contribution is -2.29. The Balaban J connectivity index is 3.39. The van der Waals surface area contributed by atoms with Gasteiger partial charge in [-0.2, -0.15) is 8.78 Å². The Morgan fingerprint density at radius 1 is 1.55 bits per heavy atom. The molecule has 0 atom stereocenters. The average molecular weight is 164 g/mol. The molecule has 0 rings (SSSR count). The second-order valence-electron chi connectivity index (χ2n) is 1.75. The highest BCUT2D eigenvalue weighted by molar-refractivity contribution is 5.79. The van der Waals surface area contributed by atoms with Gasteiger partial charge < -0.3 is 11.1 Å². The van der Waals surface area contributed by atoms with E-state index in [9.17, 15) is 13.6 Å². The minimum absolute atomic E-state index is 0.0976. The van der Waals surface area contributed by atoms with E-state index < -0.39 is 12.3 Å². The van der Waals surface area contributed by atoms with Crippen molar-refractivity contribution in [3.63, 3.8) is 0 Å². The van der Waals surface area contributed by atoms with Crippen molar-refractivity contribution >= 4 is 5.91 Å². The maximum absolute atomic E-state index is 11.5. The van der Waals surface area contributed by atoms with Crippen LogP contribution in [0.25, 0.3) is 0 Å². The molecule has 0 bridgehead atoms. The topological polar surface area (TPSA) is 55.1 Å². The van der Waals surface area contributed by atoms with E-state index in [0.29, 0.717) is 6.54 Å². The summed E-state index contributed by atoms with van der Waals surface area (Å²) in [5, 5.41) is 1.99. The molecule has 64 valence electrons. The van der Waals surface area contributed by atoms with Crippen LogP contribution in [0.4, 0.5) is 8.78 Å². The molecule has 11 heavy (non-hydrogen) atoms. The molecule has 3 nitrogen and oxygen atoms in total. The SMILES string of the molecule is NC/C=C/CNC(=O)C(F)F. The number of carbonyl (C=O) groups is 1. The van der Waals surface area contributed by atoms with Crippen LogP contribution in [0.1, 0.15) is 0 Å². The summed E-state index contributed by atoms with van der Waals surface area (Å²) >= 11 is 0. The van der Waals surface area contributed by atoms with E-state index >= 15 is 0 Å². The molecule has 0 radical (unpaired) electrons. The summed E-state index contributed by atoms with van der Waals surface area (Å²) in [6.45, 7) is 0.435. The molecule has 0 aromatic heterocycles. The van der Waals surface area contributed by atoms with Crippen molar-refractivity contribution in [3.05, 3.63) is 12.2 Å². The van der Waals surface area contributed by atoms with Crippen molar-refractivity contribution in [1.29, 1.82) is 0 Å².